The van der Waals surface area contributed by atoms with E-state index in [-0.39, 0.29) is 61.3 Å². The van der Waals surface area contributed by atoms with E-state index in [1.165, 1.54) is 0 Å². The molecule has 22 valence electrons. The Balaban J connectivity index is 0. The van der Waals surface area contributed by atoms with Crippen LogP contribution < -0.4 is 41.9 Å². The Morgan fingerprint density at radius 3 is 0.750 bits per heavy atom. The Bertz CT molecular complexity index is 6.00. The summed E-state index contributed by atoms with van der Waals surface area (Å²) in [6.07, 6.45) is 0. The first kappa shape index (κ1) is 48.0. The van der Waals surface area contributed by atoms with Crippen molar-refractivity contribution in [1.82, 2.24) is 12.3 Å². The summed E-state index contributed by atoms with van der Waals surface area (Å²) in [6, 6.07) is 0. The van der Waals surface area contributed by atoms with Crippen LogP contribution in [0.25, 0.3) is 0 Å². The maximum absolute atomic E-state index is 0. The summed E-state index contributed by atoms with van der Waals surface area (Å²) in [4.78, 5) is 0. The fourth-order valence-corrected chi connectivity index (χ4v) is 0. The zero-order valence-electron chi connectivity index (χ0n) is 2.75. The Morgan fingerprint density at radius 1 is 0.750 bits per heavy atom. The van der Waals surface area contributed by atoms with Gasteiger partial charge in [0, 0.05) is 0 Å². The maximum atomic E-state index is 0. The van der Waals surface area contributed by atoms with Crippen LogP contribution in [0.2, 0.25) is 0 Å². The van der Waals surface area contributed by atoms with Gasteiger partial charge in [-0.2, -0.15) is 0 Å². The molecule has 0 aromatic carbocycles. The summed E-state index contributed by atoms with van der Waals surface area (Å²) in [7, 11) is 0. The molecular formula is H6N2NaRh+4. The van der Waals surface area contributed by atoms with E-state index in [4.69, 9.17) is 0 Å². The van der Waals surface area contributed by atoms with Gasteiger partial charge in [0.1, 0.15) is 0 Å². The van der Waals surface area contributed by atoms with Crippen LogP contribution in [-0.2, 0) is 19.5 Å². The number of rotatable bonds is 0. The van der Waals surface area contributed by atoms with Gasteiger partial charge in [-0.25, -0.2) is 0 Å². The average molecular weight is 160 g/mol. The Kier molecular flexibility index (Phi) is 288. The normalized spacial score (nSPS) is 0. The van der Waals surface area contributed by atoms with E-state index in [0.717, 1.165) is 0 Å². The van der Waals surface area contributed by atoms with E-state index in [0.29, 0.717) is 0 Å². The van der Waals surface area contributed by atoms with Gasteiger partial charge in [-0.1, -0.05) is 0 Å². The third-order valence-corrected chi connectivity index (χ3v) is 0. The van der Waals surface area contributed by atoms with Crippen molar-refractivity contribution >= 4 is 0 Å². The summed E-state index contributed by atoms with van der Waals surface area (Å²) in [5.74, 6) is 0. The van der Waals surface area contributed by atoms with Crippen molar-refractivity contribution in [2.45, 2.75) is 0 Å². The van der Waals surface area contributed by atoms with Gasteiger partial charge in [0.25, 0.3) is 0 Å². The standard InChI is InChI=1S/2H3N.Na.Rh/h2*1H3;;/q;;+1;+3. The molecule has 0 heterocycles. The molecule has 0 aliphatic rings. The fourth-order valence-electron chi connectivity index (χ4n) is 0. The van der Waals surface area contributed by atoms with Crippen LogP contribution in [0.5, 0.6) is 0 Å². The Hall–Kier alpha value is 1.54. The topological polar surface area (TPSA) is 70.0 Å². The fraction of sp³-hybridized carbons (Fsp3) is 0. The predicted molar refractivity (Wildman–Crippen MR) is 10.0 cm³/mol. The molecule has 4 heteroatoms. The van der Waals surface area contributed by atoms with Gasteiger partial charge in [0.2, 0.25) is 0 Å². The predicted octanol–water partition coefficient (Wildman–Crippen LogP) is -2.67. The quantitative estimate of drug-likeness (QED) is 0.379. The maximum Gasteiger partial charge on any atom is 3.00 e. The third kappa shape index (κ3) is 9.62. The molecule has 2 nitrogen and oxygen atoms in total. The van der Waals surface area contributed by atoms with E-state index in [1.54, 1.807) is 0 Å². The number of hydrogen-bond acceptors (Lipinski definition) is 2. The van der Waals surface area contributed by atoms with E-state index < -0.39 is 0 Å². The van der Waals surface area contributed by atoms with Crippen molar-refractivity contribution in [1.29, 1.82) is 0 Å². The first-order valence-electron chi connectivity index (χ1n) is 0. The second kappa shape index (κ2) is 23.9. The molecule has 0 aromatic rings. The third-order valence-electron chi connectivity index (χ3n) is 0. The summed E-state index contributed by atoms with van der Waals surface area (Å²) in [5, 5.41) is 0. The molecule has 0 unspecified atom stereocenters. The van der Waals surface area contributed by atoms with Crippen LogP contribution in [0.4, 0.5) is 0 Å². The summed E-state index contributed by atoms with van der Waals surface area (Å²) in [6.45, 7) is 0. The molecule has 0 aromatic heterocycles. The monoisotopic (exact) mass is 160 g/mol. The molecule has 0 aliphatic carbocycles. The molecule has 6 N–H and O–H groups in total. The smallest absolute Gasteiger partial charge is 0.344 e. The molecule has 0 atom stereocenters. The van der Waals surface area contributed by atoms with Crippen LogP contribution >= 0.6 is 0 Å². The van der Waals surface area contributed by atoms with Gasteiger partial charge in [0.15, 0.2) is 0 Å². The van der Waals surface area contributed by atoms with Crippen LogP contribution in [0, 0.1) is 0 Å². The van der Waals surface area contributed by atoms with Gasteiger partial charge in [-0.15, -0.1) is 0 Å². The molecule has 0 spiro atoms. The van der Waals surface area contributed by atoms with Gasteiger partial charge in [-0.05, 0) is 0 Å². The zero-order valence-corrected chi connectivity index (χ0v) is 6.39. The van der Waals surface area contributed by atoms with Crippen molar-refractivity contribution in [3.63, 3.8) is 0 Å². The first-order chi connectivity index (χ1) is 0. The Labute approximate surface area is 60.9 Å². The van der Waals surface area contributed by atoms with E-state index >= 15 is 0 Å². The van der Waals surface area contributed by atoms with Crippen molar-refractivity contribution in [2.75, 3.05) is 0 Å². The molecule has 0 saturated carbocycles. The van der Waals surface area contributed by atoms with Gasteiger partial charge < -0.3 is 12.3 Å². The molecule has 4 heavy (non-hydrogen) atoms. The summed E-state index contributed by atoms with van der Waals surface area (Å²) < 4.78 is 0. The van der Waals surface area contributed by atoms with E-state index in [9.17, 15) is 0 Å². The minimum absolute atomic E-state index is 0. The van der Waals surface area contributed by atoms with E-state index in [2.05, 4.69) is 0 Å². The van der Waals surface area contributed by atoms with Crippen molar-refractivity contribution in [3.8, 4) is 0 Å². The summed E-state index contributed by atoms with van der Waals surface area (Å²) >= 11 is 0. The average Bonchev–Trinajstić information content (AvgIpc) is 0. The SMILES string of the molecule is N.N.[Na+].[Rh+3]. The van der Waals surface area contributed by atoms with Crippen LogP contribution in [0.1, 0.15) is 0 Å². The van der Waals surface area contributed by atoms with E-state index in [1.807, 2.05) is 0 Å². The van der Waals surface area contributed by atoms with Crippen LogP contribution in [0.3, 0.4) is 0 Å². The number of hydrogen-bond donors (Lipinski definition) is 2. The van der Waals surface area contributed by atoms with Gasteiger partial charge in [0.05, 0.1) is 0 Å². The van der Waals surface area contributed by atoms with Crippen molar-refractivity contribution < 1.29 is 49.0 Å². The molecule has 0 amide bonds. The summed E-state index contributed by atoms with van der Waals surface area (Å²) in [5.41, 5.74) is 0. The van der Waals surface area contributed by atoms with Crippen LogP contribution in [0.15, 0.2) is 0 Å². The molecule has 0 bridgehead atoms. The van der Waals surface area contributed by atoms with Crippen LogP contribution in [-0.4, -0.2) is 0 Å². The molecule has 0 fully saturated rings. The largest absolute Gasteiger partial charge is 3.00 e. The van der Waals surface area contributed by atoms with Gasteiger partial charge in [-0.3, -0.25) is 0 Å². The van der Waals surface area contributed by atoms with Gasteiger partial charge >= 0.3 is 49.0 Å². The first-order valence-corrected chi connectivity index (χ1v) is 0. The molecule has 0 saturated heterocycles. The molecular weight excluding hydrogens is 154 g/mol. The van der Waals surface area contributed by atoms with Crippen molar-refractivity contribution in [3.05, 3.63) is 0 Å². The minimum atomic E-state index is 0. The zero-order chi connectivity index (χ0) is 0. The van der Waals surface area contributed by atoms with Crippen molar-refractivity contribution in [2.24, 2.45) is 0 Å². The molecule has 0 rings (SSSR count). The molecule has 0 radical (unpaired) electrons. The molecule has 0 aliphatic heterocycles. The second-order valence-electron chi connectivity index (χ2n) is 0. The minimum Gasteiger partial charge on any atom is -0.344 e. The Morgan fingerprint density at radius 2 is 0.750 bits per heavy atom. The second-order valence-corrected chi connectivity index (χ2v) is 0.